The highest BCUT2D eigenvalue weighted by Crippen LogP contribution is 2.20. The molecule has 30 heavy (non-hydrogen) atoms. The van der Waals surface area contributed by atoms with Gasteiger partial charge >= 0.3 is 0 Å². The van der Waals surface area contributed by atoms with Crippen molar-refractivity contribution < 1.29 is 14.3 Å². The van der Waals surface area contributed by atoms with E-state index in [9.17, 15) is 9.59 Å². The monoisotopic (exact) mass is 410 g/mol. The first kappa shape index (κ1) is 23.5. The van der Waals surface area contributed by atoms with Crippen molar-refractivity contribution in [3.63, 3.8) is 0 Å². The Morgan fingerprint density at radius 2 is 1.73 bits per heavy atom. The van der Waals surface area contributed by atoms with Crippen molar-refractivity contribution >= 4 is 11.8 Å². The van der Waals surface area contributed by atoms with Crippen LogP contribution in [0.3, 0.4) is 0 Å². The van der Waals surface area contributed by atoms with Crippen LogP contribution in [0.1, 0.15) is 50.8 Å². The van der Waals surface area contributed by atoms with Crippen LogP contribution in [0.25, 0.3) is 0 Å². The second-order valence-electron chi connectivity index (χ2n) is 8.73. The largest absolute Gasteiger partial charge is 0.483 e. The molecule has 0 spiro atoms. The molecule has 0 unspecified atom stereocenters. The summed E-state index contributed by atoms with van der Waals surface area (Å²) >= 11 is 0. The molecule has 2 aromatic carbocycles. The van der Waals surface area contributed by atoms with Gasteiger partial charge in [0.15, 0.2) is 6.61 Å². The molecule has 0 aliphatic rings. The highest BCUT2D eigenvalue weighted by atomic mass is 16.5. The first-order chi connectivity index (χ1) is 14.1. The minimum absolute atomic E-state index is 0.115. The van der Waals surface area contributed by atoms with Gasteiger partial charge in [-0.3, -0.25) is 9.59 Å². The lowest BCUT2D eigenvalue weighted by Gasteiger charge is -2.33. The first-order valence-corrected chi connectivity index (χ1v) is 10.5. The molecule has 2 aromatic rings. The molecule has 2 amide bonds. The van der Waals surface area contributed by atoms with E-state index in [0.717, 1.165) is 16.7 Å². The molecule has 1 atom stereocenters. The predicted molar refractivity (Wildman–Crippen MR) is 120 cm³/mol. The Morgan fingerprint density at radius 3 is 2.33 bits per heavy atom. The summed E-state index contributed by atoms with van der Waals surface area (Å²) in [6.45, 7) is 11.9. The SMILES string of the molecule is CC[C@@H](C(=O)NC(C)(C)C)N(Cc1ccccc1)C(=O)COc1cc(C)ccc1C. The second kappa shape index (κ2) is 10.3. The molecule has 0 bridgehead atoms. The fourth-order valence-corrected chi connectivity index (χ4v) is 3.24. The van der Waals surface area contributed by atoms with Gasteiger partial charge in [0, 0.05) is 12.1 Å². The van der Waals surface area contributed by atoms with Crippen LogP contribution in [-0.4, -0.2) is 34.9 Å². The molecule has 0 heterocycles. The molecule has 0 aromatic heterocycles. The number of carbonyl (C=O) groups excluding carboxylic acids is 2. The van der Waals surface area contributed by atoms with Crippen molar-refractivity contribution in [2.24, 2.45) is 0 Å². The number of nitrogens with zero attached hydrogens (tertiary/aromatic N) is 1. The van der Waals surface area contributed by atoms with Crippen LogP contribution in [0.2, 0.25) is 0 Å². The second-order valence-corrected chi connectivity index (χ2v) is 8.73. The van der Waals surface area contributed by atoms with E-state index < -0.39 is 6.04 Å². The number of ether oxygens (including phenoxy) is 1. The zero-order chi connectivity index (χ0) is 22.3. The summed E-state index contributed by atoms with van der Waals surface area (Å²) < 4.78 is 5.85. The smallest absolute Gasteiger partial charge is 0.261 e. The maximum atomic E-state index is 13.2. The molecule has 2 rings (SSSR count). The van der Waals surface area contributed by atoms with Gasteiger partial charge < -0.3 is 15.0 Å². The first-order valence-electron chi connectivity index (χ1n) is 10.5. The molecule has 162 valence electrons. The zero-order valence-corrected chi connectivity index (χ0v) is 19.0. The number of nitrogens with one attached hydrogen (secondary N) is 1. The van der Waals surface area contributed by atoms with Gasteiger partial charge in [-0.25, -0.2) is 0 Å². The van der Waals surface area contributed by atoms with Gasteiger partial charge in [-0.2, -0.15) is 0 Å². The molecule has 5 heteroatoms. The fraction of sp³-hybridized carbons (Fsp3) is 0.440. The van der Waals surface area contributed by atoms with Crippen LogP contribution in [0, 0.1) is 13.8 Å². The lowest BCUT2D eigenvalue weighted by atomic mass is 10.1. The van der Waals surface area contributed by atoms with Crippen molar-refractivity contribution in [3.05, 3.63) is 65.2 Å². The van der Waals surface area contributed by atoms with E-state index in [0.29, 0.717) is 18.7 Å². The molecule has 0 aliphatic heterocycles. The zero-order valence-electron chi connectivity index (χ0n) is 19.0. The van der Waals surface area contributed by atoms with E-state index in [2.05, 4.69) is 5.32 Å². The summed E-state index contributed by atoms with van der Waals surface area (Å²) in [6, 6.07) is 15.1. The van der Waals surface area contributed by atoms with E-state index in [4.69, 9.17) is 4.74 Å². The molecular formula is C25H34N2O3. The third kappa shape index (κ3) is 6.90. The Kier molecular flexibility index (Phi) is 8.04. The summed E-state index contributed by atoms with van der Waals surface area (Å²) in [5.74, 6) is 0.326. The Hall–Kier alpha value is -2.82. The van der Waals surface area contributed by atoms with Gasteiger partial charge in [-0.1, -0.05) is 49.4 Å². The van der Waals surface area contributed by atoms with Crippen LogP contribution in [0.15, 0.2) is 48.5 Å². The van der Waals surface area contributed by atoms with Gasteiger partial charge in [0.25, 0.3) is 5.91 Å². The standard InChI is InChI=1S/C25H34N2O3/c1-7-21(24(29)26-25(4,5)6)27(16-20-11-9-8-10-12-20)23(28)17-30-22-15-18(2)13-14-19(22)3/h8-15,21H,7,16-17H2,1-6H3,(H,26,29)/t21-/m0/s1. The summed E-state index contributed by atoms with van der Waals surface area (Å²) in [6.07, 6.45) is 0.518. The van der Waals surface area contributed by atoms with Crippen molar-refractivity contribution in [2.45, 2.75) is 66.1 Å². The summed E-state index contributed by atoms with van der Waals surface area (Å²) in [5, 5.41) is 3.01. The highest BCUT2D eigenvalue weighted by Gasteiger charge is 2.30. The van der Waals surface area contributed by atoms with Crippen LogP contribution in [-0.2, 0) is 16.1 Å². The number of aryl methyl sites for hydroxylation is 2. The van der Waals surface area contributed by atoms with Crippen molar-refractivity contribution in [3.8, 4) is 5.75 Å². The molecule has 0 fully saturated rings. The van der Waals surface area contributed by atoms with E-state index in [1.165, 1.54) is 0 Å². The average Bonchev–Trinajstić information content (AvgIpc) is 2.67. The van der Waals surface area contributed by atoms with Crippen LogP contribution in [0.4, 0.5) is 0 Å². The van der Waals surface area contributed by atoms with Gasteiger partial charge in [0.05, 0.1) is 0 Å². The van der Waals surface area contributed by atoms with Crippen molar-refractivity contribution in [1.29, 1.82) is 0 Å². The predicted octanol–water partition coefficient (Wildman–Crippen LogP) is 4.40. The minimum atomic E-state index is -0.570. The maximum Gasteiger partial charge on any atom is 0.261 e. The number of amides is 2. The molecule has 0 radical (unpaired) electrons. The lowest BCUT2D eigenvalue weighted by molar-refractivity contribution is -0.143. The number of rotatable bonds is 8. The number of hydrogen-bond acceptors (Lipinski definition) is 3. The molecule has 0 saturated heterocycles. The quantitative estimate of drug-likeness (QED) is 0.701. The Balaban J connectivity index is 2.23. The topological polar surface area (TPSA) is 58.6 Å². The van der Waals surface area contributed by atoms with Crippen LogP contribution >= 0.6 is 0 Å². The number of hydrogen-bond donors (Lipinski definition) is 1. The molecule has 0 saturated carbocycles. The van der Waals surface area contributed by atoms with Crippen molar-refractivity contribution in [1.82, 2.24) is 10.2 Å². The van der Waals surface area contributed by atoms with Crippen LogP contribution in [0.5, 0.6) is 5.75 Å². The van der Waals surface area contributed by atoms with E-state index in [1.807, 2.05) is 90.1 Å². The van der Waals surface area contributed by atoms with Crippen LogP contribution < -0.4 is 10.1 Å². The van der Waals surface area contributed by atoms with Gasteiger partial charge in [0.2, 0.25) is 5.91 Å². The van der Waals surface area contributed by atoms with Crippen molar-refractivity contribution in [2.75, 3.05) is 6.61 Å². The van der Waals surface area contributed by atoms with Gasteiger partial charge in [-0.15, -0.1) is 0 Å². The molecule has 0 aliphatic carbocycles. The Labute approximate surface area is 180 Å². The number of benzene rings is 2. The van der Waals surface area contributed by atoms with E-state index in [1.54, 1.807) is 4.90 Å². The normalized spacial score (nSPS) is 12.2. The maximum absolute atomic E-state index is 13.2. The van der Waals surface area contributed by atoms with Gasteiger partial charge in [0.1, 0.15) is 11.8 Å². The number of carbonyl (C=O) groups is 2. The third-order valence-corrected chi connectivity index (χ3v) is 4.77. The lowest BCUT2D eigenvalue weighted by Crippen LogP contribution is -2.54. The Morgan fingerprint density at radius 1 is 1.07 bits per heavy atom. The molecular weight excluding hydrogens is 376 g/mol. The minimum Gasteiger partial charge on any atom is -0.483 e. The fourth-order valence-electron chi connectivity index (χ4n) is 3.24. The van der Waals surface area contributed by atoms with E-state index >= 15 is 0 Å². The summed E-state index contributed by atoms with van der Waals surface area (Å²) in [7, 11) is 0. The van der Waals surface area contributed by atoms with Gasteiger partial charge in [-0.05, 0) is 63.8 Å². The summed E-state index contributed by atoms with van der Waals surface area (Å²) in [5.41, 5.74) is 2.64. The highest BCUT2D eigenvalue weighted by molar-refractivity contribution is 5.88. The summed E-state index contributed by atoms with van der Waals surface area (Å²) in [4.78, 5) is 27.8. The average molecular weight is 411 g/mol. The third-order valence-electron chi connectivity index (χ3n) is 4.77. The molecule has 5 nitrogen and oxygen atoms in total. The molecule has 1 N–H and O–H groups in total. The van der Waals surface area contributed by atoms with E-state index in [-0.39, 0.29) is 24.0 Å². The Bertz CT molecular complexity index is 856.